The minimum absolute atomic E-state index is 0. The summed E-state index contributed by atoms with van der Waals surface area (Å²) in [5, 5.41) is 3.29. The fourth-order valence-electron chi connectivity index (χ4n) is 3.79. The van der Waals surface area contributed by atoms with Crippen molar-refractivity contribution >= 4 is 28.3 Å². The monoisotopic (exact) mass is 395 g/mol. The van der Waals surface area contributed by atoms with Gasteiger partial charge in [-0.2, -0.15) is 0 Å². The van der Waals surface area contributed by atoms with Crippen LogP contribution in [0, 0.1) is 5.92 Å². The summed E-state index contributed by atoms with van der Waals surface area (Å²) in [4.78, 5) is 14.4. The normalized spacial score (nSPS) is 25.2. The Morgan fingerprint density at radius 2 is 1.72 bits per heavy atom. The average Bonchev–Trinajstić information content (AvgIpc) is 2.55. The first-order chi connectivity index (χ1) is 11.4. The van der Waals surface area contributed by atoms with Crippen molar-refractivity contribution in [3.8, 4) is 0 Å². The van der Waals surface area contributed by atoms with Crippen LogP contribution in [0.2, 0.25) is 0 Å². The number of sulfonamides is 1. The van der Waals surface area contributed by atoms with Crippen LogP contribution in [0.5, 0.6) is 0 Å². The molecule has 0 unspecified atom stereocenters. The molecule has 25 heavy (non-hydrogen) atoms. The third-order valence-electron chi connectivity index (χ3n) is 5.21. The number of hydrogen-bond acceptors (Lipinski definition) is 4. The van der Waals surface area contributed by atoms with Gasteiger partial charge in [0.25, 0.3) is 0 Å². The van der Waals surface area contributed by atoms with Gasteiger partial charge in [-0.3, -0.25) is 4.79 Å². The summed E-state index contributed by atoms with van der Waals surface area (Å²) in [6, 6.07) is 0.168. The number of hydrogen-bond donors (Lipinski definition) is 2. The van der Waals surface area contributed by atoms with Crippen LogP contribution in [0.3, 0.4) is 0 Å². The molecular weight excluding hydrogens is 362 g/mol. The van der Waals surface area contributed by atoms with Gasteiger partial charge in [-0.15, -0.1) is 12.4 Å². The number of nitrogens with one attached hydrogen (secondary N) is 2. The molecule has 2 aliphatic rings. The lowest BCUT2D eigenvalue weighted by atomic mass is 9.88. The van der Waals surface area contributed by atoms with E-state index in [4.69, 9.17) is 0 Å². The average molecular weight is 396 g/mol. The van der Waals surface area contributed by atoms with Crippen LogP contribution in [0.1, 0.15) is 58.8 Å². The van der Waals surface area contributed by atoms with Crippen molar-refractivity contribution in [2.45, 2.75) is 70.9 Å². The van der Waals surface area contributed by atoms with Gasteiger partial charge in [0.1, 0.15) is 5.75 Å². The van der Waals surface area contributed by atoms with Crippen molar-refractivity contribution in [3.05, 3.63) is 0 Å². The Balaban J connectivity index is 0.00000312. The molecule has 1 saturated heterocycles. The highest BCUT2D eigenvalue weighted by molar-refractivity contribution is 7.90. The Bertz CT molecular complexity index is 501. The Hall–Kier alpha value is -0.370. The molecule has 0 atom stereocenters. The first kappa shape index (κ1) is 22.7. The molecule has 1 heterocycles. The topological polar surface area (TPSA) is 78.5 Å². The molecule has 0 spiro atoms. The molecule has 8 heteroatoms. The number of amides is 1. The first-order valence-corrected chi connectivity index (χ1v) is 11.1. The van der Waals surface area contributed by atoms with Crippen molar-refractivity contribution in [1.29, 1.82) is 0 Å². The van der Waals surface area contributed by atoms with E-state index >= 15 is 0 Å². The lowest BCUT2D eigenvalue weighted by Crippen LogP contribution is -2.50. The standard InChI is InChI=1S/C17H33N3O3S.ClH/c1-3-12-20(16-8-10-18-11-9-16)17(21)13-24(22,23)19-15-6-4-14(2)5-7-15;/h14-16,18-19H,3-13H2,1-2H3;1H. The molecule has 0 radical (unpaired) electrons. The van der Waals surface area contributed by atoms with Crippen LogP contribution >= 0.6 is 12.4 Å². The van der Waals surface area contributed by atoms with Gasteiger partial charge in [0.2, 0.25) is 15.9 Å². The molecule has 148 valence electrons. The van der Waals surface area contributed by atoms with Gasteiger partial charge in [0.05, 0.1) is 0 Å². The Kier molecular flexibility index (Phi) is 9.70. The van der Waals surface area contributed by atoms with Gasteiger partial charge in [0.15, 0.2) is 0 Å². The van der Waals surface area contributed by atoms with Crippen LogP contribution in [0.15, 0.2) is 0 Å². The van der Waals surface area contributed by atoms with Crippen molar-refractivity contribution < 1.29 is 13.2 Å². The maximum Gasteiger partial charge on any atom is 0.239 e. The summed E-state index contributed by atoms with van der Waals surface area (Å²) in [6.07, 6.45) is 6.52. The fourth-order valence-corrected chi connectivity index (χ4v) is 5.11. The van der Waals surface area contributed by atoms with Gasteiger partial charge in [-0.1, -0.05) is 13.8 Å². The lowest BCUT2D eigenvalue weighted by Gasteiger charge is -2.35. The molecular formula is C17H34ClN3O3S. The highest BCUT2D eigenvalue weighted by Gasteiger charge is 2.30. The SMILES string of the molecule is CCCN(C(=O)CS(=O)(=O)NC1CCC(C)CC1)C1CCNCC1.Cl. The van der Waals surface area contributed by atoms with Crippen molar-refractivity contribution in [1.82, 2.24) is 14.9 Å². The maximum absolute atomic E-state index is 12.6. The van der Waals surface area contributed by atoms with Gasteiger partial charge >= 0.3 is 0 Å². The van der Waals surface area contributed by atoms with Crippen LogP contribution in [-0.4, -0.2) is 56.7 Å². The minimum Gasteiger partial charge on any atom is -0.339 e. The quantitative estimate of drug-likeness (QED) is 0.690. The van der Waals surface area contributed by atoms with E-state index in [1.807, 2.05) is 6.92 Å². The van der Waals surface area contributed by atoms with E-state index in [1.54, 1.807) is 4.90 Å². The zero-order valence-corrected chi connectivity index (χ0v) is 17.1. The zero-order chi connectivity index (χ0) is 17.6. The summed E-state index contributed by atoms with van der Waals surface area (Å²) >= 11 is 0. The fraction of sp³-hybridized carbons (Fsp3) is 0.941. The summed E-state index contributed by atoms with van der Waals surface area (Å²) < 4.78 is 27.6. The predicted octanol–water partition coefficient (Wildman–Crippen LogP) is 1.90. The number of piperidine rings is 1. The third kappa shape index (κ3) is 7.41. The van der Waals surface area contributed by atoms with Gasteiger partial charge in [-0.05, 0) is 64.0 Å². The largest absolute Gasteiger partial charge is 0.339 e. The second kappa shape index (κ2) is 10.7. The molecule has 0 aromatic rings. The molecule has 6 nitrogen and oxygen atoms in total. The van der Waals surface area contributed by atoms with E-state index in [2.05, 4.69) is 17.0 Å². The minimum atomic E-state index is -3.56. The molecule has 2 rings (SSSR count). The Morgan fingerprint density at radius 3 is 2.28 bits per heavy atom. The van der Waals surface area contributed by atoms with E-state index in [0.717, 1.165) is 58.0 Å². The lowest BCUT2D eigenvalue weighted by molar-refractivity contribution is -0.131. The summed E-state index contributed by atoms with van der Waals surface area (Å²) in [7, 11) is -3.56. The molecule has 0 bridgehead atoms. The summed E-state index contributed by atoms with van der Waals surface area (Å²) in [5.41, 5.74) is 0. The van der Waals surface area contributed by atoms with E-state index in [0.29, 0.717) is 12.5 Å². The zero-order valence-electron chi connectivity index (χ0n) is 15.5. The van der Waals surface area contributed by atoms with Crippen molar-refractivity contribution in [2.24, 2.45) is 5.92 Å². The molecule has 1 aliphatic heterocycles. The molecule has 2 N–H and O–H groups in total. The van der Waals surface area contributed by atoms with Crippen LogP contribution in [-0.2, 0) is 14.8 Å². The molecule has 0 aromatic heterocycles. The van der Waals surface area contributed by atoms with Crippen molar-refractivity contribution in [2.75, 3.05) is 25.4 Å². The Labute approximate surface area is 159 Å². The summed E-state index contributed by atoms with van der Waals surface area (Å²) in [6.45, 7) is 6.65. The maximum atomic E-state index is 12.6. The number of carbonyl (C=O) groups excluding carboxylic acids is 1. The molecule has 0 aromatic carbocycles. The molecule has 1 amide bonds. The third-order valence-corrected chi connectivity index (χ3v) is 6.53. The van der Waals surface area contributed by atoms with E-state index in [1.165, 1.54) is 0 Å². The van der Waals surface area contributed by atoms with E-state index in [9.17, 15) is 13.2 Å². The van der Waals surface area contributed by atoms with Crippen LogP contribution in [0.4, 0.5) is 0 Å². The van der Waals surface area contributed by atoms with Crippen LogP contribution in [0.25, 0.3) is 0 Å². The first-order valence-electron chi connectivity index (χ1n) is 9.41. The van der Waals surface area contributed by atoms with Crippen LogP contribution < -0.4 is 10.0 Å². The highest BCUT2D eigenvalue weighted by atomic mass is 35.5. The number of carbonyl (C=O) groups is 1. The smallest absolute Gasteiger partial charge is 0.239 e. The predicted molar refractivity (Wildman–Crippen MR) is 103 cm³/mol. The second-order valence-electron chi connectivity index (χ2n) is 7.40. The molecule has 1 saturated carbocycles. The van der Waals surface area contributed by atoms with Gasteiger partial charge < -0.3 is 10.2 Å². The van der Waals surface area contributed by atoms with Crippen molar-refractivity contribution in [3.63, 3.8) is 0 Å². The molecule has 2 fully saturated rings. The summed E-state index contributed by atoms with van der Waals surface area (Å²) in [5.74, 6) is 0.0102. The second-order valence-corrected chi connectivity index (χ2v) is 9.16. The Morgan fingerprint density at radius 1 is 1.12 bits per heavy atom. The number of nitrogens with zero attached hydrogens (tertiary/aromatic N) is 1. The van der Waals surface area contributed by atoms with Gasteiger partial charge in [-0.25, -0.2) is 13.1 Å². The molecule has 1 aliphatic carbocycles. The number of rotatable bonds is 7. The number of halogens is 1. The van der Waals surface area contributed by atoms with Gasteiger partial charge in [0, 0.05) is 18.6 Å². The van der Waals surface area contributed by atoms with E-state index < -0.39 is 15.8 Å². The van der Waals surface area contributed by atoms with E-state index in [-0.39, 0.29) is 30.4 Å². The highest BCUT2D eigenvalue weighted by Crippen LogP contribution is 2.24.